The van der Waals surface area contributed by atoms with Gasteiger partial charge in [-0.15, -0.1) is 0 Å². The summed E-state index contributed by atoms with van der Waals surface area (Å²) in [5, 5.41) is 8.01. The van der Waals surface area contributed by atoms with Crippen molar-refractivity contribution in [1.29, 1.82) is 0 Å². The fourth-order valence-corrected chi connectivity index (χ4v) is 3.09. The van der Waals surface area contributed by atoms with E-state index in [4.69, 9.17) is 4.74 Å². The summed E-state index contributed by atoms with van der Waals surface area (Å²) in [5.74, 6) is 0. The number of halogens is 1. The molecule has 0 bridgehead atoms. The lowest BCUT2D eigenvalue weighted by molar-refractivity contribution is 0.0537. The third-order valence-corrected chi connectivity index (χ3v) is 4.03. The summed E-state index contributed by atoms with van der Waals surface area (Å²) in [5.41, 5.74) is 2.72. The van der Waals surface area contributed by atoms with Crippen LogP contribution in [0.2, 0.25) is 0 Å². The Bertz CT molecular complexity index is 385. The Balaban J connectivity index is 1.93. The normalized spacial score (nSPS) is 25.4. The van der Waals surface area contributed by atoms with Gasteiger partial charge in [0.05, 0.1) is 12.6 Å². The molecule has 1 saturated heterocycles. The molecule has 3 heterocycles. The van der Waals surface area contributed by atoms with E-state index in [1.165, 1.54) is 17.7 Å². The predicted molar refractivity (Wildman–Crippen MR) is 64.4 cm³/mol. The minimum atomic E-state index is 0.437. The van der Waals surface area contributed by atoms with Gasteiger partial charge >= 0.3 is 0 Å². The Labute approximate surface area is 103 Å². The van der Waals surface area contributed by atoms with E-state index in [-0.39, 0.29) is 0 Å². The molecule has 0 saturated carbocycles. The fourth-order valence-electron chi connectivity index (χ4n) is 2.55. The molecule has 1 N–H and O–H groups in total. The predicted octanol–water partition coefficient (Wildman–Crippen LogP) is 1.64. The van der Waals surface area contributed by atoms with Crippen molar-refractivity contribution in [3.05, 3.63) is 15.9 Å². The van der Waals surface area contributed by atoms with E-state index >= 15 is 0 Å². The van der Waals surface area contributed by atoms with Crippen LogP contribution in [0.4, 0.5) is 0 Å². The van der Waals surface area contributed by atoms with Crippen LogP contribution >= 0.6 is 15.9 Å². The van der Waals surface area contributed by atoms with Crippen molar-refractivity contribution in [2.45, 2.75) is 31.8 Å². The highest BCUT2D eigenvalue weighted by molar-refractivity contribution is 9.10. The SMILES string of the molecule is Brc1nn(C2CCCOC2)c2c1CNCC2. The fraction of sp³-hybridized carbons (Fsp3) is 0.727. The van der Waals surface area contributed by atoms with Gasteiger partial charge < -0.3 is 10.1 Å². The summed E-state index contributed by atoms with van der Waals surface area (Å²) in [6.45, 7) is 3.71. The number of ether oxygens (including phenoxy) is 1. The van der Waals surface area contributed by atoms with Crippen LogP contribution in [0.25, 0.3) is 0 Å². The minimum Gasteiger partial charge on any atom is -0.379 e. The molecule has 1 fully saturated rings. The monoisotopic (exact) mass is 285 g/mol. The molecule has 1 unspecified atom stereocenters. The molecule has 4 nitrogen and oxygen atoms in total. The largest absolute Gasteiger partial charge is 0.379 e. The number of nitrogens with zero attached hydrogens (tertiary/aromatic N) is 2. The van der Waals surface area contributed by atoms with Crippen molar-refractivity contribution in [3.8, 4) is 0 Å². The van der Waals surface area contributed by atoms with Crippen LogP contribution < -0.4 is 5.32 Å². The van der Waals surface area contributed by atoms with Crippen LogP contribution in [0.3, 0.4) is 0 Å². The number of aromatic nitrogens is 2. The first kappa shape index (κ1) is 10.7. The molecular weight excluding hydrogens is 270 g/mol. The average Bonchev–Trinajstić information content (AvgIpc) is 2.69. The van der Waals surface area contributed by atoms with Crippen molar-refractivity contribution in [2.24, 2.45) is 0 Å². The Hall–Kier alpha value is -0.390. The van der Waals surface area contributed by atoms with Gasteiger partial charge in [0.15, 0.2) is 0 Å². The Morgan fingerprint density at radius 1 is 1.50 bits per heavy atom. The molecule has 5 heteroatoms. The van der Waals surface area contributed by atoms with E-state index in [0.29, 0.717) is 6.04 Å². The van der Waals surface area contributed by atoms with Gasteiger partial charge in [-0.05, 0) is 28.8 Å². The smallest absolute Gasteiger partial charge is 0.132 e. The third-order valence-electron chi connectivity index (χ3n) is 3.39. The summed E-state index contributed by atoms with van der Waals surface area (Å²) in [4.78, 5) is 0. The van der Waals surface area contributed by atoms with Gasteiger partial charge in [-0.25, -0.2) is 0 Å². The minimum absolute atomic E-state index is 0.437. The zero-order valence-corrected chi connectivity index (χ0v) is 10.8. The standard InChI is InChI=1S/C11H16BrN3O/c12-11-9-6-13-4-3-10(9)15(14-11)8-2-1-5-16-7-8/h8,13H,1-7H2. The molecule has 3 rings (SSSR count). The van der Waals surface area contributed by atoms with Gasteiger partial charge in [-0.1, -0.05) is 0 Å². The van der Waals surface area contributed by atoms with Gasteiger partial charge in [0.2, 0.25) is 0 Å². The maximum absolute atomic E-state index is 5.55. The maximum atomic E-state index is 5.55. The number of hydrogen-bond acceptors (Lipinski definition) is 3. The molecule has 0 aromatic carbocycles. The molecule has 88 valence electrons. The Morgan fingerprint density at radius 3 is 3.25 bits per heavy atom. The van der Waals surface area contributed by atoms with Crippen molar-refractivity contribution in [2.75, 3.05) is 19.8 Å². The molecule has 1 atom stereocenters. The van der Waals surface area contributed by atoms with Crippen LogP contribution in [0.1, 0.15) is 30.1 Å². The van der Waals surface area contributed by atoms with Crippen LogP contribution in [0.15, 0.2) is 4.60 Å². The van der Waals surface area contributed by atoms with Crippen LogP contribution in [-0.2, 0) is 17.7 Å². The molecule has 16 heavy (non-hydrogen) atoms. The van der Waals surface area contributed by atoms with Crippen molar-refractivity contribution >= 4 is 15.9 Å². The summed E-state index contributed by atoms with van der Waals surface area (Å²) in [6.07, 6.45) is 3.41. The molecule has 0 aliphatic carbocycles. The van der Waals surface area contributed by atoms with E-state index in [0.717, 1.165) is 43.7 Å². The molecule has 0 spiro atoms. The quantitative estimate of drug-likeness (QED) is 0.853. The lowest BCUT2D eigenvalue weighted by Gasteiger charge is -2.25. The first-order valence-corrected chi connectivity index (χ1v) is 6.70. The first-order valence-electron chi connectivity index (χ1n) is 5.90. The summed E-state index contributed by atoms with van der Waals surface area (Å²) in [7, 11) is 0. The van der Waals surface area contributed by atoms with Crippen molar-refractivity contribution in [3.63, 3.8) is 0 Å². The van der Waals surface area contributed by atoms with Gasteiger partial charge in [-0.3, -0.25) is 4.68 Å². The van der Waals surface area contributed by atoms with Gasteiger partial charge in [0.1, 0.15) is 4.60 Å². The second-order valence-corrected chi connectivity index (χ2v) is 5.21. The molecule has 0 radical (unpaired) electrons. The van der Waals surface area contributed by atoms with E-state index in [2.05, 4.69) is 31.0 Å². The zero-order chi connectivity index (χ0) is 11.0. The molecule has 0 amide bonds. The lowest BCUT2D eigenvalue weighted by atomic mass is 10.1. The third kappa shape index (κ3) is 1.81. The zero-order valence-electron chi connectivity index (χ0n) is 9.21. The van der Waals surface area contributed by atoms with E-state index in [9.17, 15) is 0 Å². The second-order valence-electron chi connectivity index (χ2n) is 4.46. The van der Waals surface area contributed by atoms with Gasteiger partial charge in [0.25, 0.3) is 0 Å². The number of fused-ring (bicyclic) bond motifs is 1. The second kappa shape index (κ2) is 4.47. The van der Waals surface area contributed by atoms with Crippen molar-refractivity contribution < 1.29 is 4.74 Å². The molecule has 2 aliphatic heterocycles. The highest BCUT2D eigenvalue weighted by Crippen LogP contribution is 2.28. The van der Waals surface area contributed by atoms with Crippen molar-refractivity contribution in [1.82, 2.24) is 15.1 Å². The molecule has 1 aromatic heterocycles. The summed E-state index contributed by atoms with van der Waals surface area (Å²) >= 11 is 3.56. The number of nitrogens with one attached hydrogen (secondary N) is 1. The lowest BCUT2D eigenvalue weighted by Crippen LogP contribution is -2.28. The maximum Gasteiger partial charge on any atom is 0.132 e. The molecule has 2 aliphatic rings. The summed E-state index contributed by atoms with van der Waals surface area (Å²) in [6, 6.07) is 0.437. The van der Waals surface area contributed by atoms with Gasteiger partial charge in [-0.2, -0.15) is 5.10 Å². The first-order chi connectivity index (χ1) is 7.86. The highest BCUT2D eigenvalue weighted by atomic mass is 79.9. The van der Waals surface area contributed by atoms with E-state index in [1.807, 2.05) is 0 Å². The average molecular weight is 286 g/mol. The number of hydrogen-bond donors (Lipinski definition) is 1. The van der Waals surface area contributed by atoms with Crippen LogP contribution in [0, 0.1) is 0 Å². The van der Waals surface area contributed by atoms with Crippen LogP contribution in [-0.4, -0.2) is 29.5 Å². The van der Waals surface area contributed by atoms with E-state index < -0.39 is 0 Å². The Kier molecular flexibility index (Phi) is 3.00. The molecule has 1 aromatic rings. The summed E-state index contributed by atoms with van der Waals surface area (Å²) < 4.78 is 8.74. The highest BCUT2D eigenvalue weighted by Gasteiger charge is 2.25. The van der Waals surface area contributed by atoms with Gasteiger partial charge in [0, 0.05) is 37.4 Å². The topological polar surface area (TPSA) is 39.1 Å². The van der Waals surface area contributed by atoms with E-state index in [1.54, 1.807) is 0 Å². The molecular formula is C11H16BrN3O. The Morgan fingerprint density at radius 2 is 2.44 bits per heavy atom. The number of rotatable bonds is 1. The van der Waals surface area contributed by atoms with Crippen LogP contribution in [0.5, 0.6) is 0 Å².